The lowest BCUT2D eigenvalue weighted by atomic mass is 9.77. The number of unbranched alkanes of at least 4 members (excludes halogenated alkanes) is 1. The van der Waals surface area contributed by atoms with E-state index in [0.29, 0.717) is 5.56 Å². The first-order chi connectivity index (χ1) is 9.11. The van der Waals surface area contributed by atoms with Crippen molar-refractivity contribution in [3.8, 4) is 0 Å². The van der Waals surface area contributed by atoms with Crippen molar-refractivity contribution in [1.29, 1.82) is 0 Å². The van der Waals surface area contributed by atoms with E-state index in [4.69, 9.17) is 0 Å². The van der Waals surface area contributed by atoms with Crippen molar-refractivity contribution >= 4 is 0 Å². The minimum absolute atomic E-state index is 0.183. The average molecular weight is 270 g/mol. The Hall–Kier alpha value is -0.990. The molecular weight excluding hydrogens is 249 g/mol. The Labute approximate surface area is 113 Å². The molecule has 0 spiro atoms. The monoisotopic (exact) mass is 270 g/mol. The maximum atomic E-state index is 13.2. The second-order valence-corrected chi connectivity index (χ2v) is 5.66. The quantitative estimate of drug-likeness (QED) is 0.627. The van der Waals surface area contributed by atoms with Crippen molar-refractivity contribution in [1.82, 2.24) is 0 Å². The van der Waals surface area contributed by atoms with Crippen LogP contribution in [0, 0.1) is 23.4 Å². The smallest absolute Gasteiger partial charge is 0.194 e. The topological polar surface area (TPSA) is 0 Å². The summed E-state index contributed by atoms with van der Waals surface area (Å²) in [6.07, 6.45) is 7.88. The zero-order valence-electron chi connectivity index (χ0n) is 11.4. The van der Waals surface area contributed by atoms with Crippen LogP contribution in [-0.2, 0) is 0 Å². The third-order valence-corrected chi connectivity index (χ3v) is 4.29. The maximum Gasteiger partial charge on any atom is 0.194 e. The third kappa shape index (κ3) is 3.52. The van der Waals surface area contributed by atoms with E-state index < -0.39 is 17.5 Å². The highest BCUT2D eigenvalue weighted by Crippen LogP contribution is 2.38. The lowest BCUT2D eigenvalue weighted by molar-refractivity contribution is 0.303. The van der Waals surface area contributed by atoms with Crippen LogP contribution in [0.15, 0.2) is 12.1 Å². The summed E-state index contributed by atoms with van der Waals surface area (Å²) < 4.78 is 39.4. The van der Waals surface area contributed by atoms with Crippen LogP contribution < -0.4 is 0 Å². The molecule has 0 saturated heterocycles. The third-order valence-electron chi connectivity index (χ3n) is 4.29. The first kappa shape index (κ1) is 14.4. The molecule has 1 saturated carbocycles. The second-order valence-electron chi connectivity index (χ2n) is 5.66. The van der Waals surface area contributed by atoms with Crippen LogP contribution in [0.4, 0.5) is 13.2 Å². The van der Waals surface area contributed by atoms with Gasteiger partial charge >= 0.3 is 0 Å². The van der Waals surface area contributed by atoms with Crippen LogP contribution in [0.3, 0.4) is 0 Å². The fourth-order valence-corrected chi connectivity index (χ4v) is 3.09. The molecular formula is C16H21F3. The Morgan fingerprint density at radius 1 is 1.00 bits per heavy atom. The van der Waals surface area contributed by atoms with E-state index in [1.54, 1.807) is 0 Å². The van der Waals surface area contributed by atoms with E-state index in [9.17, 15) is 13.2 Å². The summed E-state index contributed by atoms with van der Waals surface area (Å²) in [5.41, 5.74) is 0.616. The number of benzene rings is 1. The van der Waals surface area contributed by atoms with Crippen LogP contribution in [0.5, 0.6) is 0 Å². The van der Waals surface area contributed by atoms with E-state index in [2.05, 4.69) is 6.92 Å². The molecule has 0 nitrogen and oxygen atoms in total. The largest absolute Gasteiger partial charge is 0.204 e. The molecule has 0 bridgehead atoms. The van der Waals surface area contributed by atoms with Crippen molar-refractivity contribution in [3.05, 3.63) is 35.1 Å². The predicted molar refractivity (Wildman–Crippen MR) is 70.5 cm³/mol. The standard InChI is InChI=1S/C16H21F3/c1-2-3-4-11-5-7-12(8-6-11)13-9-14(17)16(19)15(18)10-13/h9-12H,2-8H2,1H3. The van der Waals surface area contributed by atoms with Crippen molar-refractivity contribution in [2.24, 2.45) is 5.92 Å². The Morgan fingerprint density at radius 2 is 1.58 bits per heavy atom. The van der Waals surface area contributed by atoms with E-state index in [1.165, 1.54) is 19.3 Å². The number of halogens is 3. The average Bonchev–Trinajstić information content (AvgIpc) is 2.42. The van der Waals surface area contributed by atoms with E-state index >= 15 is 0 Å². The van der Waals surface area contributed by atoms with Gasteiger partial charge < -0.3 is 0 Å². The highest BCUT2D eigenvalue weighted by molar-refractivity contribution is 5.23. The fourth-order valence-electron chi connectivity index (χ4n) is 3.09. The SMILES string of the molecule is CCCCC1CCC(c2cc(F)c(F)c(F)c2)CC1. The number of hydrogen-bond acceptors (Lipinski definition) is 0. The van der Waals surface area contributed by atoms with Gasteiger partial charge in [-0.15, -0.1) is 0 Å². The zero-order chi connectivity index (χ0) is 13.8. The van der Waals surface area contributed by atoms with Gasteiger partial charge in [-0.3, -0.25) is 0 Å². The minimum Gasteiger partial charge on any atom is -0.204 e. The molecule has 0 atom stereocenters. The molecule has 0 radical (unpaired) electrons. The summed E-state index contributed by atoms with van der Waals surface area (Å²) in [6.45, 7) is 2.19. The highest BCUT2D eigenvalue weighted by Gasteiger charge is 2.23. The Bertz CT molecular complexity index is 397. The van der Waals surface area contributed by atoms with Gasteiger partial charge in [0.15, 0.2) is 17.5 Å². The lowest BCUT2D eigenvalue weighted by Crippen LogP contribution is -2.14. The molecule has 1 aromatic carbocycles. The number of hydrogen-bond donors (Lipinski definition) is 0. The van der Waals surface area contributed by atoms with Crippen molar-refractivity contribution in [2.75, 3.05) is 0 Å². The van der Waals surface area contributed by atoms with Gasteiger partial charge in [-0.25, -0.2) is 13.2 Å². The second kappa shape index (κ2) is 6.44. The molecule has 0 aliphatic heterocycles. The first-order valence-corrected chi connectivity index (χ1v) is 7.26. The molecule has 0 N–H and O–H groups in total. The van der Waals surface area contributed by atoms with Crippen molar-refractivity contribution in [3.63, 3.8) is 0 Å². The van der Waals surface area contributed by atoms with Crippen LogP contribution in [0.25, 0.3) is 0 Å². The van der Waals surface area contributed by atoms with Gasteiger partial charge in [-0.2, -0.15) is 0 Å². The van der Waals surface area contributed by atoms with Gasteiger partial charge in [0.25, 0.3) is 0 Å². The minimum atomic E-state index is -1.36. The van der Waals surface area contributed by atoms with Gasteiger partial charge in [0, 0.05) is 0 Å². The van der Waals surface area contributed by atoms with Crippen molar-refractivity contribution in [2.45, 2.75) is 57.8 Å². The number of rotatable bonds is 4. The van der Waals surface area contributed by atoms with Gasteiger partial charge in [0.05, 0.1) is 0 Å². The molecule has 1 aliphatic carbocycles. The summed E-state index contributed by atoms with van der Waals surface area (Å²) in [6, 6.07) is 2.32. The van der Waals surface area contributed by atoms with Gasteiger partial charge in [-0.05, 0) is 55.2 Å². The van der Waals surface area contributed by atoms with Crippen LogP contribution in [0.2, 0.25) is 0 Å². The molecule has 1 aliphatic rings. The predicted octanol–water partition coefficient (Wildman–Crippen LogP) is 5.57. The maximum absolute atomic E-state index is 13.2. The summed E-state index contributed by atoms with van der Waals surface area (Å²) in [5.74, 6) is -2.56. The molecule has 1 aromatic rings. The lowest BCUT2D eigenvalue weighted by Gasteiger charge is -2.28. The van der Waals surface area contributed by atoms with Crippen LogP contribution in [-0.4, -0.2) is 0 Å². The van der Waals surface area contributed by atoms with Crippen LogP contribution >= 0.6 is 0 Å². The van der Waals surface area contributed by atoms with Gasteiger partial charge in [0.1, 0.15) is 0 Å². The Morgan fingerprint density at radius 3 is 2.11 bits per heavy atom. The highest BCUT2D eigenvalue weighted by atomic mass is 19.2. The Balaban J connectivity index is 1.98. The molecule has 0 amide bonds. The molecule has 2 rings (SSSR count). The molecule has 3 heteroatoms. The van der Waals surface area contributed by atoms with Crippen molar-refractivity contribution < 1.29 is 13.2 Å². The molecule has 1 fully saturated rings. The van der Waals surface area contributed by atoms with E-state index in [0.717, 1.165) is 43.7 Å². The first-order valence-electron chi connectivity index (χ1n) is 7.26. The Kier molecular flexibility index (Phi) is 4.89. The fraction of sp³-hybridized carbons (Fsp3) is 0.625. The molecule has 0 unspecified atom stereocenters. The van der Waals surface area contributed by atoms with E-state index in [-0.39, 0.29) is 5.92 Å². The zero-order valence-corrected chi connectivity index (χ0v) is 11.4. The molecule has 106 valence electrons. The molecule has 0 aromatic heterocycles. The van der Waals surface area contributed by atoms with Gasteiger partial charge in [0.2, 0.25) is 0 Å². The van der Waals surface area contributed by atoms with Crippen LogP contribution in [0.1, 0.15) is 63.4 Å². The molecule has 0 heterocycles. The summed E-state index contributed by atoms with van der Waals surface area (Å²) in [4.78, 5) is 0. The summed E-state index contributed by atoms with van der Waals surface area (Å²) in [7, 11) is 0. The molecule has 19 heavy (non-hydrogen) atoms. The summed E-state index contributed by atoms with van der Waals surface area (Å²) >= 11 is 0. The van der Waals surface area contributed by atoms with E-state index in [1.807, 2.05) is 0 Å². The van der Waals surface area contributed by atoms with Gasteiger partial charge in [-0.1, -0.05) is 26.2 Å². The summed E-state index contributed by atoms with van der Waals surface area (Å²) in [5, 5.41) is 0. The normalized spacial score (nSPS) is 23.6.